The van der Waals surface area contributed by atoms with Crippen molar-refractivity contribution in [3.05, 3.63) is 70.8 Å². The number of rotatable bonds is 14. The van der Waals surface area contributed by atoms with E-state index < -0.39 is 0 Å². The molecule has 0 N–H and O–H groups in total. The lowest BCUT2D eigenvalue weighted by molar-refractivity contribution is 0.397. The maximum atomic E-state index is 2.94. The van der Waals surface area contributed by atoms with Gasteiger partial charge in [0.1, 0.15) is 0 Å². The van der Waals surface area contributed by atoms with Crippen LogP contribution in [0.1, 0.15) is 126 Å². The Morgan fingerprint density at radius 3 is 1.73 bits per heavy atom. The van der Waals surface area contributed by atoms with Crippen molar-refractivity contribution in [1.29, 1.82) is 0 Å². The molecular formula is C36H51Br. The van der Waals surface area contributed by atoms with Crippen molar-refractivity contribution in [3.8, 4) is 11.1 Å². The number of alkyl halides is 1. The molecule has 0 nitrogen and oxygen atoms in total. The molecule has 0 aromatic heterocycles. The Bertz CT molecular complexity index is 1090. The topological polar surface area (TPSA) is 0 Å². The molecule has 0 saturated heterocycles. The second-order valence-electron chi connectivity index (χ2n) is 11.3. The average molecular weight is 564 g/mol. The molecule has 1 aliphatic carbocycles. The fourth-order valence-corrected chi connectivity index (χ4v) is 6.72. The molecule has 0 atom stereocenters. The molecular weight excluding hydrogens is 512 g/mol. The van der Waals surface area contributed by atoms with Crippen LogP contribution in [0.3, 0.4) is 0 Å². The van der Waals surface area contributed by atoms with E-state index in [1.54, 1.807) is 11.1 Å². The van der Waals surface area contributed by atoms with Crippen LogP contribution in [0.15, 0.2) is 48.5 Å². The van der Waals surface area contributed by atoms with Crippen molar-refractivity contribution in [2.24, 2.45) is 0 Å². The van der Waals surface area contributed by atoms with Gasteiger partial charge in [-0.25, -0.2) is 0 Å². The Hall–Kier alpha value is -1.60. The van der Waals surface area contributed by atoms with Gasteiger partial charge in [-0.05, 0) is 71.1 Å². The lowest BCUT2D eigenvalue weighted by Crippen LogP contribution is -2.26. The van der Waals surface area contributed by atoms with Crippen molar-refractivity contribution in [1.82, 2.24) is 0 Å². The van der Waals surface area contributed by atoms with E-state index in [1.807, 2.05) is 5.83 Å². The van der Waals surface area contributed by atoms with E-state index in [0.717, 1.165) is 0 Å². The zero-order valence-electron chi connectivity index (χ0n) is 24.4. The zero-order chi connectivity index (χ0) is 26.7. The predicted molar refractivity (Wildman–Crippen MR) is 170 cm³/mol. The van der Waals surface area contributed by atoms with Gasteiger partial charge in [-0.1, -0.05) is 161 Å². The van der Waals surface area contributed by atoms with Gasteiger partial charge in [0.15, 0.2) is 0 Å². The van der Waals surface area contributed by atoms with E-state index in [4.69, 9.17) is 0 Å². The second-order valence-corrected chi connectivity index (χ2v) is 11.3. The maximum absolute atomic E-state index is 2.94. The molecule has 0 spiro atoms. The summed E-state index contributed by atoms with van der Waals surface area (Å²) in [6.07, 6.45) is 19.1. The third-order valence-corrected chi connectivity index (χ3v) is 8.64. The van der Waals surface area contributed by atoms with Gasteiger partial charge in [-0.2, -0.15) is 0 Å². The van der Waals surface area contributed by atoms with Gasteiger partial charge < -0.3 is 0 Å². The summed E-state index contributed by atoms with van der Waals surface area (Å²) in [4.78, 5) is 0. The molecule has 0 aliphatic heterocycles. The molecule has 0 fully saturated rings. The first-order valence-electron chi connectivity index (χ1n) is 15.1. The molecule has 202 valence electrons. The Kier molecular flexibility index (Phi) is 12.2. The van der Waals surface area contributed by atoms with E-state index in [2.05, 4.69) is 92.2 Å². The van der Waals surface area contributed by atoms with Crippen molar-refractivity contribution in [2.75, 3.05) is 5.83 Å². The van der Waals surface area contributed by atoms with Crippen LogP contribution in [0.25, 0.3) is 21.9 Å². The standard InChI is InChI=1S/C35H48.CH3Br/c1-5-7-9-11-13-17-23-35(24-18-14-12-10-8-6-2)32-25-27(3)21-22-31(32)34-30-20-16-15-19-29(30)28(4)26-33(34)35;1-2/h15-16,19-22,25-26H,5-14,17-18,23-24H2,1-4H3;1H3. The number of unbranched alkanes of at least 4 members (excludes halogenated alkanes) is 10. The molecule has 0 heterocycles. The van der Waals surface area contributed by atoms with Crippen LogP contribution in [0, 0.1) is 13.8 Å². The number of halogens is 1. The third kappa shape index (κ3) is 6.89. The monoisotopic (exact) mass is 562 g/mol. The molecule has 1 aliphatic rings. The first kappa shape index (κ1) is 29.9. The number of hydrogen-bond donors (Lipinski definition) is 0. The Labute approximate surface area is 236 Å². The Morgan fingerprint density at radius 1 is 0.595 bits per heavy atom. The Morgan fingerprint density at radius 2 is 1.14 bits per heavy atom. The number of fused-ring (bicyclic) bond motifs is 5. The zero-order valence-corrected chi connectivity index (χ0v) is 26.0. The van der Waals surface area contributed by atoms with Crippen molar-refractivity contribution in [2.45, 2.75) is 123 Å². The normalized spacial score (nSPS) is 13.2. The smallest absolute Gasteiger partial charge is 0.0215 e. The molecule has 0 radical (unpaired) electrons. The molecule has 0 bridgehead atoms. The lowest BCUT2D eigenvalue weighted by Gasteiger charge is -2.33. The molecule has 0 saturated carbocycles. The van der Waals surface area contributed by atoms with Crippen LogP contribution in [-0.2, 0) is 5.41 Å². The first-order valence-corrected chi connectivity index (χ1v) is 16.7. The number of benzene rings is 3. The molecule has 0 unspecified atom stereocenters. The van der Waals surface area contributed by atoms with Gasteiger partial charge in [-0.3, -0.25) is 0 Å². The second kappa shape index (κ2) is 15.1. The average Bonchev–Trinajstić information content (AvgIpc) is 3.18. The fourth-order valence-electron chi connectivity index (χ4n) is 6.72. The minimum atomic E-state index is 0.182. The predicted octanol–water partition coefficient (Wildman–Crippen LogP) is 12.2. The summed E-state index contributed by atoms with van der Waals surface area (Å²) in [5.74, 6) is 1.81. The highest BCUT2D eigenvalue weighted by Crippen LogP contribution is 2.56. The summed E-state index contributed by atoms with van der Waals surface area (Å²) in [5.41, 5.74) is 9.35. The van der Waals surface area contributed by atoms with E-state index >= 15 is 0 Å². The summed E-state index contributed by atoms with van der Waals surface area (Å²) in [6, 6.07) is 19.0. The van der Waals surface area contributed by atoms with Crippen LogP contribution in [0.2, 0.25) is 0 Å². The minimum absolute atomic E-state index is 0.182. The van der Waals surface area contributed by atoms with Gasteiger partial charge in [0.25, 0.3) is 0 Å². The highest BCUT2D eigenvalue weighted by molar-refractivity contribution is 9.08. The first-order chi connectivity index (χ1) is 18.1. The molecule has 3 aromatic rings. The summed E-state index contributed by atoms with van der Waals surface area (Å²) < 4.78 is 0. The van der Waals surface area contributed by atoms with Gasteiger partial charge in [0.05, 0.1) is 0 Å². The largest absolute Gasteiger partial charge is 0.0966 e. The highest BCUT2D eigenvalue weighted by atomic mass is 79.9. The van der Waals surface area contributed by atoms with Gasteiger partial charge in [-0.15, -0.1) is 0 Å². The van der Waals surface area contributed by atoms with Gasteiger partial charge >= 0.3 is 0 Å². The summed E-state index contributed by atoms with van der Waals surface area (Å²) in [5, 5.41) is 2.88. The maximum Gasteiger partial charge on any atom is 0.0215 e. The SMILES string of the molecule is CBr.CCCCCCCCC1(CCCCCCCC)c2cc(C)ccc2-c2c1cc(C)c1ccccc21. The Balaban J connectivity index is 0.00000186. The molecule has 3 aromatic carbocycles. The summed E-state index contributed by atoms with van der Waals surface area (Å²) in [7, 11) is 0. The van der Waals surface area contributed by atoms with Crippen LogP contribution in [0.5, 0.6) is 0 Å². The minimum Gasteiger partial charge on any atom is -0.0966 e. The molecule has 4 rings (SSSR count). The molecule has 37 heavy (non-hydrogen) atoms. The van der Waals surface area contributed by atoms with E-state index in [0.29, 0.717) is 0 Å². The fraction of sp³-hybridized carbons (Fsp3) is 0.556. The molecule has 0 amide bonds. The van der Waals surface area contributed by atoms with Crippen LogP contribution < -0.4 is 0 Å². The summed E-state index contributed by atoms with van der Waals surface area (Å²) in [6.45, 7) is 9.25. The van der Waals surface area contributed by atoms with Crippen molar-refractivity contribution in [3.63, 3.8) is 0 Å². The van der Waals surface area contributed by atoms with Crippen molar-refractivity contribution >= 4 is 26.7 Å². The van der Waals surface area contributed by atoms with Gasteiger partial charge in [0, 0.05) is 5.41 Å². The van der Waals surface area contributed by atoms with E-state index in [-0.39, 0.29) is 5.41 Å². The van der Waals surface area contributed by atoms with E-state index in [9.17, 15) is 0 Å². The van der Waals surface area contributed by atoms with Crippen LogP contribution in [-0.4, -0.2) is 5.83 Å². The van der Waals surface area contributed by atoms with Crippen LogP contribution >= 0.6 is 15.9 Å². The molecule has 1 heteroatoms. The quantitative estimate of drug-likeness (QED) is 0.135. The van der Waals surface area contributed by atoms with Crippen LogP contribution in [0.4, 0.5) is 0 Å². The number of aryl methyl sites for hydroxylation is 2. The van der Waals surface area contributed by atoms with Crippen molar-refractivity contribution < 1.29 is 0 Å². The summed E-state index contributed by atoms with van der Waals surface area (Å²) >= 11 is 2.94. The number of hydrogen-bond acceptors (Lipinski definition) is 0. The van der Waals surface area contributed by atoms with Gasteiger partial charge in [0.2, 0.25) is 0 Å². The highest BCUT2D eigenvalue weighted by Gasteiger charge is 2.43. The third-order valence-electron chi connectivity index (χ3n) is 8.64. The lowest BCUT2D eigenvalue weighted by atomic mass is 9.70. The van der Waals surface area contributed by atoms with E-state index in [1.165, 1.54) is 123 Å².